The van der Waals surface area contributed by atoms with Gasteiger partial charge in [0.2, 0.25) is 10.0 Å². The fourth-order valence-corrected chi connectivity index (χ4v) is 3.99. The summed E-state index contributed by atoms with van der Waals surface area (Å²) in [7, 11) is -3.92. The molecular weight excluding hydrogens is 297 g/mol. The van der Waals surface area contributed by atoms with Crippen LogP contribution in [0.25, 0.3) is 0 Å². The number of carboxylic acid groups (broad SMARTS) is 1. The molecule has 2 atom stereocenters. The van der Waals surface area contributed by atoms with Crippen molar-refractivity contribution < 1.29 is 22.7 Å². The Balaban J connectivity index is 2.23. The van der Waals surface area contributed by atoms with Crippen molar-refractivity contribution in [1.29, 1.82) is 0 Å². The van der Waals surface area contributed by atoms with E-state index in [0.717, 1.165) is 31.4 Å². The van der Waals surface area contributed by atoms with E-state index >= 15 is 0 Å². The molecule has 0 heterocycles. The van der Waals surface area contributed by atoms with Crippen LogP contribution in [0, 0.1) is 11.7 Å². The molecule has 116 valence electrons. The molecule has 21 heavy (non-hydrogen) atoms. The van der Waals surface area contributed by atoms with Crippen LogP contribution in [0.3, 0.4) is 0 Å². The lowest BCUT2D eigenvalue weighted by molar-refractivity contribution is -0.142. The van der Waals surface area contributed by atoms with E-state index in [0.29, 0.717) is 12.8 Å². The van der Waals surface area contributed by atoms with E-state index in [1.54, 1.807) is 0 Å². The summed E-state index contributed by atoms with van der Waals surface area (Å²) < 4.78 is 40.1. The Kier molecular flexibility index (Phi) is 4.95. The minimum absolute atomic E-state index is 0.184. The second-order valence-electron chi connectivity index (χ2n) is 5.27. The van der Waals surface area contributed by atoms with Crippen LogP contribution in [0.4, 0.5) is 4.39 Å². The highest BCUT2D eigenvalue weighted by atomic mass is 32.2. The third-order valence-corrected chi connectivity index (χ3v) is 5.23. The molecule has 5 nitrogen and oxygen atoms in total. The van der Waals surface area contributed by atoms with E-state index in [1.807, 2.05) is 0 Å². The van der Waals surface area contributed by atoms with Crippen molar-refractivity contribution in [2.75, 3.05) is 0 Å². The fraction of sp³-hybridized carbons (Fsp3) is 0.500. The molecule has 0 aromatic heterocycles. The number of rotatable bonds is 4. The van der Waals surface area contributed by atoms with Crippen molar-refractivity contribution in [2.45, 2.75) is 43.0 Å². The van der Waals surface area contributed by atoms with Gasteiger partial charge in [-0.05, 0) is 31.0 Å². The lowest BCUT2D eigenvalue weighted by Gasteiger charge is -2.22. The molecule has 0 amide bonds. The fourth-order valence-electron chi connectivity index (χ4n) is 2.65. The smallest absolute Gasteiger partial charge is 0.308 e. The van der Waals surface area contributed by atoms with Crippen molar-refractivity contribution in [3.63, 3.8) is 0 Å². The summed E-state index contributed by atoms with van der Waals surface area (Å²) in [6.07, 6.45) is 3.37. The largest absolute Gasteiger partial charge is 0.481 e. The van der Waals surface area contributed by atoms with Crippen LogP contribution in [0.5, 0.6) is 0 Å². The zero-order valence-corrected chi connectivity index (χ0v) is 12.3. The standard InChI is InChI=1S/C14H18FNO4S/c15-10-5-4-6-11(9-10)21(19,20)16-13-8-3-1-2-7-12(13)14(17)18/h4-6,9,12-13,16H,1-3,7-8H2,(H,17,18). The van der Waals surface area contributed by atoms with Gasteiger partial charge in [-0.3, -0.25) is 4.79 Å². The maximum absolute atomic E-state index is 13.2. The zero-order chi connectivity index (χ0) is 15.5. The third-order valence-electron chi connectivity index (χ3n) is 3.75. The normalized spacial score (nSPS) is 23.5. The SMILES string of the molecule is O=C(O)C1CCCCCC1NS(=O)(=O)c1cccc(F)c1. The first-order valence-electron chi connectivity index (χ1n) is 6.91. The van der Waals surface area contributed by atoms with E-state index < -0.39 is 33.8 Å². The molecule has 1 fully saturated rings. The van der Waals surface area contributed by atoms with E-state index in [2.05, 4.69) is 4.72 Å². The van der Waals surface area contributed by atoms with Crippen molar-refractivity contribution in [2.24, 2.45) is 5.92 Å². The summed E-state index contributed by atoms with van der Waals surface area (Å²) in [4.78, 5) is 11.1. The number of carboxylic acids is 1. The summed E-state index contributed by atoms with van der Waals surface area (Å²) in [6.45, 7) is 0. The number of hydrogen-bond donors (Lipinski definition) is 2. The second-order valence-corrected chi connectivity index (χ2v) is 6.98. The first-order valence-corrected chi connectivity index (χ1v) is 8.39. The summed E-state index contributed by atoms with van der Waals surface area (Å²) in [5.41, 5.74) is 0. The third kappa shape index (κ3) is 4.01. The monoisotopic (exact) mass is 315 g/mol. The molecule has 1 aromatic carbocycles. The number of halogens is 1. The highest BCUT2D eigenvalue weighted by molar-refractivity contribution is 7.89. The molecule has 0 bridgehead atoms. The van der Waals surface area contributed by atoms with Gasteiger partial charge in [-0.2, -0.15) is 0 Å². The summed E-state index contributed by atoms with van der Waals surface area (Å²) in [5, 5.41) is 9.25. The molecule has 1 saturated carbocycles. The molecule has 0 aliphatic heterocycles. The molecule has 1 aliphatic carbocycles. The lowest BCUT2D eigenvalue weighted by atomic mass is 9.96. The second kappa shape index (κ2) is 6.53. The Labute approximate surface area is 123 Å². The number of carbonyl (C=O) groups is 1. The Morgan fingerprint density at radius 2 is 1.95 bits per heavy atom. The molecule has 0 radical (unpaired) electrons. The number of sulfonamides is 1. The van der Waals surface area contributed by atoms with E-state index in [4.69, 9.17) is 0 Å². The maximum atomic E-state index is 13.2. The average Bonchev–Trinajstić information content (AvgIpc) is 2.63. The highest BCUT2D eigenvalue weighted by Gasteiger charge is 2.32. The van der Waals surface area contributed by atoms with E-state index in [-0.39, 0.29) is 4.90 Å². The molecule has 0 saturated heterocycles. The predicted octanol–water partition coefficient (Wildman–Crippen LogP) is 2.14. The lowest BCUT2D eigenvalue weighted by Crippen LogP contribution is -2.42. The number of benzene rings is 1. The molecule has 1 aliphatic rings. The van der Waals surface area contributed by atoms with Crippen molar-refractivity contribution in [1.82, 2.24) is 4.72 Å². The van der Waals surface area contributed by atoms with Gasteiger partial charge in [0.15, 0.2) is 0 Å². The topological polar surface area (TPSA) is 83.5 Å². The van der Waals surface area contributed by atoms with Gasteiger partial charge in [0.1, 0.15) is 5.82 Å². The predicted molar refractivity (Wildman–Crippen MR) is 74.7 cm³/mol. The van der Waals surface area contributed by atoms with Crippen molar-refractivity contribution >= 4 is 16.0 Å². The van der Waals surface area contributed by atoms with Gasteiger partial charge < -0.3 is 5.11 Å². The first-order chi connectivity index (χ1) is 9.90. The van der Waals surface area contributed by atoms with Gasteiger partial charge in [-0.1, -0.05) is 25.3 Å². The van der Waals surface area contributed by atoms with Crippen LogP contribution in [0.15, 0.2) is 29.2 Å². The van der Waals surface area contributed by atoms with Crippen LogP contribution in [0.2, 0.25) is 0 Å². The van der Waals surface area contributed by atoms with E-state index in [1.165, 1.54) is 12.1 Å². The first kappa shape index (κ1) is 15.9. The Morgan fingerprint density at radius 1 is 1.24 bits per heavy atom. The quantitative estimate of drug-likeness (QED) is 0.834. The van der Waals surface area contributed by atoms with Gasteiger partial charge in [-0.15, -0.1) is 0 Å². The van der Waals surface area contributed by atoms with Crippen molar-refractivity contribution in [3.8, 4) is 0 Å². The van der Waals surface area contributed by atoms with Crippen LogP contribution in [-0.4, -0.2) is 25.5 Å². The van der Waals surface area contributed by atoms with Crippen LogP contribution < -0.4 is 4.72 Å². The maximum Gasteiger partial charge on any atom is 0.308 e. The van der Waals surface area contributed by atoms with Gasteiger partial charge in [0.05, 0.1) is 10.8 Å². The number of nitrogens with one attached hydrogen (secondary N) is 1. The van der Waals surface area contributed by atoms with Gasteiger partial charge >= 0.3 is 5.97 Å². The van der Waals surface area contributed by atoms with Gasteiger partial charge in [0.25, 0.3) is 0 Å². The van der Waals surface area contributed by atoms with E-state index in [9.17, 15) is 22.7 Å². The van der Waals surface area contributed by atoms with Crippen LogP contribution >= 0.6 is 0 Å². The zero-order valence-electron chi connectivity index (χ0n) is 11.5. The number of aliphatic carboxylic acids is 1. The molecule has 1 aromatic rings. The molecule has 0 spiro atoms. The average molecular weight is 315 g/mol. The molecule has 2 rings (SSSR count). The van der Waals surface area contributed by atoms with Crippen LogP contribution in [0.1, 0.15) is 32.1 Å². The molecule has 7 heteroatoms. The molecule has 2 unspecified atom stereocenters. The Hall–Kier alpha value is -1.47. The minimum atomic E-state index is -3.92. The molecular formula is C14H18FNO4S. The summed E-state index contributed by atoms with van der Waals surface area (Å²) in [5.74, 6) is -2.38. The summed E-state index contributed by atoms with van der Waals surface area (Å²) >= 11 is 0. The number of hydrogen-bond acceptors (Lipinski definition) is 3. The Morgan fingerprint density at radius 3 is 2.62 bits per heavy atom. The molecule has 2 N–H and O–H groups in total. The van der Waals surface area contributed by atoms with Crippen molar-refractivity contribution in [3.05, 3.63) is 30.1 Å². The van der Waals surface area contributed by atoms with Crippen LogP contribution in [-0.2, 0) is 14.8 Å². The van der Waals surface area contributed by atoms with Gasteiger partial charge in [0, 0.05) is 6.04 Å². The Bertz CT molecular complexity index is 617. The van der Waals surface area contributed by atoms with Gasteiger partial charge in [-0.25, -0.2) is 17.5 Å². The summed E-state index contributed by atoms with van der Waals surface area (Å²) in [6, 6.07) is 4.03. The highest BCUT2D eigenvalue weighted by Crippen LogP contribution is 2.25. The minimum Gasteiger partial charge on any atom is -0.481 e.